The Kier molecular flexibility index (Phi) is 5.57. The second kappa shape index (κ2) is 8.09. The van der Waals surface area contributed by atoms with E-state index in [9.17, 15) is 4.79 Å². The van der Waals surface area contributed by atoms with E-state index in [2.05, 4.69) is 34.7 Å². The summed E-state index contributed by atoms with van der Waals surface area (Å²) in [5, 5.41) is 5.58. The molecule has 3 heterocycles. The lowest BCUT2D eigenvalue weighted by molar-refractivity contribution is 0.0914. The van der Waals surface area contributed by atoms with Gasteiger partial charge in [-0.05, 0) is 55.4 Å². The normalized spacial score (nSPS) is 18.4. The van der Waals surface area contributed by atoms with Gasteiger partial charge in [0.05, 0.1) is 11.1 Å². The van der Waals surface area contributed by atoms with Crippen LogP contribution in [0.1, 0.15) is 41.0 Å². The van der Waals surface area contributed by atoms with Gasteiger partial charge in [-0.25, -0.2) is 0 Å². The van der Waals surface area contributed by atoms with Crippen LogP contribution in [0.15, 0.2) is 29.6 Å². The number of carbonyl (C=O) groups is 1. The second-order valence-electron chi connectivity index (χ2n) is 7.15. The number of rotatable bonds is 5. The number of benzene rings is 1. The molecule has 2 aliphatic heterocycles. The average Bonchev–Trinajstić information content (AvgIpc) is 3.35. The summed E-state index contributed by atoms with van der Waals surface area (Å²) in [6.07, 6.45) is 2.40. The molecule has 1 amide bonds. The van der Waals surface area contributed by atoms with Crippen LogP contribution < -0.4 is 14.8 Å². The number of likely N-dealkylation sites (tertiary alicyclic amines) is 1. The Morgan fingerprint density at radius 1 is 1.37 bits per heavy atom. The molecule has 144 valence electrons. The SMILES string of the molecule is CC1CCN([C@H](CNC(=O)c2cc(Cl)c3c(c2)OCO3)c2cccs2)CC1. The minimum absolute atomic E-state index is 0.133. The lowest BCUT2D eigenvalue weighted by Crippen LogP contribution is -2.41. The van der Waals surface area contributed by atoms with Gasteiger partial charge in [0.1, 0.15) is 0 Å². The van der Waals surface area contributed by atoms with Crippen LogP contribution in [0.5, 0.6) is 11.5 Å². The van der Waals surface area contributed by atoms with Crippen molar-refractivity contribution < 1.29 is 14.3 Å². The van der Waals surface area contributed by atoms with Gasteiger partial charge in [-0.3, -0.25) is 9.69 Å². The van der Waals surface area contributed by atoms with Crippen LogP contribution in [0.4, 0.5) is 0 Å². The molecule has 0 aliphatic carbocycles. The Hall–Kier alpha value is -1.76. The Morgan fingerprint density at radius 2 is 2.19 bits per heavy atom. The van der Waals surface area contributed by atoms with Gasteiger partial charge >= 0.3 is 0 Å². The van der Waals surface area contributed by atoms with E-state index in [1.54, 1.807) is 23.5 Å². The summed E-state index contributed by atoms with van der Waals surface area (Å²) in [7, 11) is 0. The number of thiophene rings is 1. The first-order valence-corrected chi connectivity index (χ1v) is 10.5. The Bertz CT molecular complexity index is 804. The number of piperidine rings is 1. The highest BCUT2D eigenvalue weighted by molar-refractivity contribution is 7.10. The first-order chi connectivity index (χ1) is 13.1. The third kappa shape index (κ3) is 4.08. The largest absolute Gasteiger partial charge is 0.454 e. The third-order valence-electron chi connectivity index (χ3n) is 5.28. The molecule has 0 radical (unpaired) electrons. The molecular weight excluding hydrogens is 384 g/mol. The number of ether oxygens (including phenoxy) is 2. The monoisotopic (exact) mass is 406 g/mol. The maximum absolute atomic E-state index is 12.7. The van der Waals surface area contributed by atoms with Crippen molar-refractivity contribution in [2.45, 2.75) is 25.8 Å². The molecule has 5 nitrogen and oxygen atoms in total. The van der Waals surface area contributed by atoms with E-state index >= 15 is 0 Å². The standard InChI is InChI=1S/C20H23ClN2O3S/c1-13-4-6-23(7-5-13)16(18-3-2-8-27-18)11-22-20(24)14-9-15(21)19-17(10-14)25-12-26-19/h2-3,8-10,13,16H,4-7,11-12H2,1H3,(H,22,24)/t16-/m1/s1. The van der Waals surface area contributed by atoms with Gasteiger partial charge in [0.15, 0.2) is 11.5 Å². The predicted octanol–water partition coefficient (Wildman–Crippen LogP) is 4.33. The Labute approximate surface area is 168 Å². The van der Waals surface area contributed by atoms with Crippen molar-refractivity contribution in [1.29, 1.82) is 0 Å². The Balaban J connectivity index is 1.46. The molecule has 2 aliphatic rings. The predicted molar refractivity (Wildman–Crippen MR) is 107 cm³/mol. The fourth-order valence-corrected chi connectivity index (χ4v) is 4.75. The zero-order valence-corrected chi connectivity index (χ0v) is 16.8. The average molecular weight is 407 g/mol. The molecule has 0 bridgehead atoms. The van der Waals surface area contributed by atoms with Gasteiger partial charge in [0, 0.05) is 17.0 Å². The van der Waals surface area contributed by atoms with E-state index in [1.807, 2.05) is 0 Å². The van der Waals surface area contributed by atoms with Gasteiger partial charge in [0.2, 0.25) is 6.79 Å². The second-order valence-corrected chi connectivity index (χ2v) is 8.54. The summed E-state index contributed by atoms with van der Waals surface area (Å²) < 4.78 is 10.7. The first kappa shape index (κ1) is 18.6. The van der Waals surface area contributed by atoms with E-state index in [4.69, 9.17) is 21.1 Å². The van der Waals surface area contributed by atoms with Crippen molar-refractivity contribution in [1.82, 2.24) is 10.2 Å². The molecule has 1 aromatic carbocycles. The minimum atomic E-state index is -0.151. The molecular formula is C20H23ClN2O3S. The fourth-order valence-electron chi connectivity index (χ4n) is 3.62. The number of nitrogens with zero attached hydrogens (tertiary/aromatic N) is 1. The maximum atomic E-state index is 12.7. The van der Waals surface area contributed by atoms with Crippen molar-refractivity contribution in [3.05, 3.63) is 45.1 Å². The number of hydrogen-bond acceptors (Lipinski definition) is 5. The number of nitrogens with one attached hydrogen (secondary N) is 1. The summed E-state index contributed by atoms with van der Waals surface area (Å²) >= 11 is 7.95. The maximum Gasteiger partial charge on any atom is 0.251 e. The van der Waals surface area contributed by atoms with Crippen LogP contribution in [0.2, 0.25) is 5.02 Å². The molecule has 1 saturated heterocycles. The molecule has 1 fully saturated rings. The molecule has 0 saturated carbocycles. The number of hydrogen-bond donors (Lipinski definition) is 1. The zero-order valence-electron chi connectivity index (χ0n) is 15.2. The third-order valence-corrected chi connectivity index (χ3v) is 6.53. The van der Waals surface area contributed by atoms with E-state index in [-0.39, 0.29) is 18.7 Å². The molecule has 0 spiro atoms. The molecule has 1 atom stereocenters. The smallest absolute Gasteiger partial charge is 0.251 e. The van der Waals surface area contributed by atoms with Crippen molar-refractivity contribution in [3.63, 3.8) is 0 Å². The lowest BCUT2D eigenvalue weighted by Gasteiger charge is -2.36. The van der Waals surface area contributed by atoms with Gasteiger partial charge in [-0.15, -0.1) is 11.3 Å². The summed E-state index contributed by atoms with van der Waals surface area (Å²) in [6.45, 7) is 5.14. The van der Waals surface area contributed by atoms with Gasteiger partial charge in [-0.1, -0.05) is 24.6 Å². The van der Waals surface area contributed by atoms with E-state index in [0.717, 1.165) is 19.0 Å². The van der Waals surface area contributed by atoms with Crippen molar-refractivity contribution in [2.75, 3.05) is 26.4 Å². The highest BCUT2D eigenvalue weighted by Crippen LogP contribution is 2.39. The fraction of sp³-hybridized carbons (Fsp3) is 0.450. The van der Waals surface area contributed by atoms with Crippen LogP contribution in [0.25, 0.3) is 0 Å². The number of halogens is 1. The topological polar surface area (TPSA) is 50.8 Å². The number of carbonyl (C=O) groups excluding carboxylic acids is 1. The Morgan fingerprint density at radius 3 is 2.93 bits per heavy atom. The number of amides is 1. The van der Waals surface area contributed by atoms with E-state index < -0.39 is 0 Å². The van der Waals surface area contributed by atoms with Crippen LogP contribution >= 0.6 is 22.9 Å². The molecule has 27 heavy (non-hydrogen) atoms. The van der Waals surface area contributed by atoms with Crippen LogP contribution in [0, 0.1) is 5.92 Å². The highest BCUT2D eigenvalue weighted by atomic mass is 35.5. The molecule has 7 heteroatoms. The quantitative estimate of drug-likeness (QED) is 0.802. The first-order valence-electron chi connectivity index (χ1n) is 9.26. The minimum Gasteiger partial charge on any atom is -0.454 e. The highest BCUT2D eigenvalue weighted by Gasteiger charge is 2.26. The molecule has 1 aromatic heterocycles. The van der Waals surface area contributed by atoms with Crippen LogP contribution in [0.3, 0.4) is 0 Å². The molecule has 1 N–H and O–H groups in total. The lowest BCUT2D eigenvalue weighted by atomic mass is 9.97. The van der Waals surface area contributed by atoms with Gasteiger partial charge in [-0.2, -0.15) is 0 Å². The summed E-state index contributed by atoms with van der Waals surface area (Å²) in [5.41, 5.74) is 0.487. The van der Waals surface area contributed by atoms with Crippen molar-refractivity contribution >= 4 is 28.8 Å². The van der Waals surface area contributed by atoms with E-state index in [1.165, 1.54) is 17.7 Å². The van der Waals surface area contributed by atoms with Crippen molar-refractivity contribution in [2.24, 2.45) is 5.92 Å². The van der Waals surface area contributed by atoms with E-state index in [0.29, 0.717) is 28.6 Å². The van der Waals surface area contributed by atoms with Crippen LogP contribution in [-0.2, 0) is 0 Å². The summed E-state index contributed by atoms with van der Waals surface area (Å²) in [6, 6.07) is 7.74. The molecule has 4 rings (SSSR count). The van der Waals surface area contributed by atoms with Crippen molar-refractivity contribution in [3.8, 4) is 11.5 Å². The molecule has 2 aromatic rings. The van der Waals surface area contributed by atoms with Gasteiger partial charge in [0.25, 0.3) is 5.91 Å². The van der Waals surface area contributed by atoms with Crippen LogP contribution in [-0.4, -0.2) is 37.2 Å². The zero-order chi connectivity index (χ0) is 18.8. The molecule has 0 unspecified atom stereocenters. The number of fused-ring (bicyclic) bond motifs is 1. The summed E-state index contributed by atoms with van der Waals surface area (Å²) in [4.78, 5) is 16.5. The summed E-state index contributed by atoms with van der Waals surface area (Å²) in [5.74, 6) is 1.65. The van der Waals surface area contributed by atoms with Gasteiger partial charge < -0.3 is 14.8 Å².